The van der Waals surface area contributed by atoms with Gasteiger partial charge in [0.1, 0.15) is 4.21 Å². The average Bonchev–Trinajstić information content (AvgIpc) is 3.13. The first-order valence-electron chi connectivity index (χ1n) is 7.68. The molecule has 1 unspecified atom stereocenters. The summed E-state index contributed by atoms with van der Waals surface area (Å²) in [6, 6.07) is 10.9. The van der Waals surface area contributed by atoms with Crippen LogP contribution < -0.4 is 15.4 Å². The minimum absolute atomic E-state index is 0. The quantitative estimate of drug-likeness (QED) is 0.223. The zero-order chi connectivity index (χ0) is 18.3. The summed E-state index contributed by atoms with van der Waals surface area (Å²) < 4.78 is 26.9. The predicted molar refractivity (Wildman–Crippen MR) is 119 cm³/mol. The van der Waals surface area contributed by atoms with Crippen molar-refractivity contribution in [2.75, 3.05) is 20.1 Å². The number of rotatable bonds is 7. The van der Waals surface area contributed by atoms with Crippen LogP contribution in [0.1, 0.15) is 18.5 Å². The van der Waals surface area contributed by atoms with Gasteiger partial charge in [-0.15, -0.1) is 35.3 Å². The second-order valence-corrected chi connectivity index (χ2v) is 8.62. The molecule has 0 fully saturated rings. The number of sulfonamides is 1. The maximum absolute atomic E-state index is 12.0. The van der Waals surface area contributed by atoms with Crippen LogP contribution in [0.3, 0.4) is 0 Å². The van der Waals surface area contributed by atoms with Gasteiger partial charge in [0.2, 0.25) is 10.0 Å². The van der Waals surface area contributed by atoms with Gasteiger partial charge >= 0.3 is 0 Å². The van der Waals surface area contributed by atoms with Crippen molar-refractivity contribution in [1.29, 1.82) is 0 Å². The highest BCUT2D eigenvalue weighted by Gasteiger charge is 2.14. The molecule has 0 aliphatic rings. The lowest BCUT2D eigenvalue weighted by atomic mass is 10.1. The van der Waals surface area contributed by atoms with E-state index in [9.17, 15) is 8.42 Å². The van der Waals surface area contributed by atoms with Gasteiger partial charge in [0.15, 0.2) is 5.96 Å². The third-order valence-electron chi connectivity index (χ3n) is 3.42. The molecule has 1 aromatic heterocycles. The molecule has 2 rings (SSSR count). The maximum atomic E-state index is 12.0. The second-order valence-electron chi connectivity index (χ2n) is 5.25. The minimum Gasteiger partial charge on any atom is -0.355 e. The Balaban J connectivity index is 0.00000338. The van der Waals surface area contributed by atoms with Gasteiger partial charge in [-0.2, -0.15) is 0 Å². The molecule has 0 saturated carbocycles. The van der Waals surface area contributed by atoms with Crippen molar-refractivity contribution in [3.8, 4) is 0 Å². The van der Waals surface area contributed by atoms with Crippen molar-refractivity contribution in [3.05, 3.63) is 52.4 Å². The minimum atomic E-state index is -3.44. The summed E-state index contributed by atoms with van der Waals surface area (Å²) in [5, 5.41) is 8.76. The summed E-state index contributed by atoms with van der Waals surface area (Å²) >= 11 is 7.09. The summed E-state index contributed by atoms with van der Waals surface area (Å²) in [7, 11) is -1.77. The third-order valence-corrected chi connectivity index (χ3v) is 6.53. The van der Waals surface area contributed by atoms with E-state index in [1.807, 2.05) is 31.2 Å². The van der Waals surface area contributed by atoms with Gasteiger partial charge in [-0.25, -0.2) is 13.1 Å². The number of guanidine groups is 1. The van der Waals surface area contributed by atoms with E-state index in [0.29, 0.717) is 21.7 Å². The predicted octanol–water partition coefficient (Wildman–Crippen LogP) is 3.22. The topological polar surface area (TPSA) is 82.6 Å². The van der Waals surface area contributed by atoms with E-state index >= 15 is 0 Å². The molecule has 0 aliphatic carbocycles. The molecule has 144 valence electrons. The molecule has 10 heteroatoms. The largest absolute Gasteiger partial charge is 0.355 e. The van der Waals surface area contributed by atoms with E-state index in [-0.39, 0.29) is 36.6 Å². The molecule has 0 spiro atoms. The zero-order valence-corrected chi connectivity index (χ0v) is 19.1. The Kier molecular flexibility index (Phi) is 9.86. The molecule has 2 aromatic rings. The van der Waals surface area contributed by atoms with Crippen LogP contribution in [0, 0.1) is 0 Å². The molecular weight excluding hydrogens is 507 g/mol. The molecule has 1 aromatic carbocycles. The number of hydrogen-bond acceptors (Lipinski definition) is 4. The molecule has 1 atom stereocenters. The smallest absolute Gasteiger partial charge is 0.250 e. The standard InChI is InChI=1S/C16H21ClN4O2S2.HI/c1-12(13-5-7-14(17)8-6-13)21-16(18-2)19-9-10-20-25(22,23)15-4-3-11-24-15;/h3-8,11-12,20H,9-10H2,1-2H3,(H2,18,19,21);1H. The number of benzene rings is 1. The fraction of sp³-hybridized carbons (Fsp3) is 0.312. The fourth-order valence-corrected chi connectivity index (χ4v) is 4.28. The molecule has 0 aliphatic heterocycles. The van der Waals surface area contributed by atoms with E-state index in [0.717, 1.165) is 5.56 Å². The summed E-state index contributed by atoms with van der Waals surface area (Å²) in [5.74, 6) is 0.595. The zero-order valence-electron chi connectivity index (χ0n) is 14.4. The van der Waals surface area contributed by atoms with Crippen molar-refractivity contribution in [2.45, 2.75) is 17.2 Å². The first-order valence-corrected chi connectivity index (χ1v) is 10.4. The van der Waals surface area contributed by atoms with Gasteiger partial charge in [0.05, 0.1) is 6.04 Å². The Morgan fingerprint density at radius 3 is 2.50 bits per heavy atom. The van der Waals surface area contributed by atoms with E-state index in [1.165, 1.54) is 11.3 Å². The third kappa shape index (κ3) is 7.03. The molecule has 26 heavy (non-hydrogen) atoms. The molecule has 3 N–H and O–H groups in total. The number of nitrogens with one attached hydrogen (secondary N) is 3. The van der Waals surface area contributed by atoms with Crippen LogP contribution in [-0.2, 0) is 10.0 Å². The number of aliphatic imine (C=N–C) groups is 1. The lowest BCUT2D eigenvalue weighted by molar-refractivity contribution is 0.582. The first kappa shape index (κ1) is 23.2. The summed E-state index contributed by atoms with van der Waals surface area (Å²) in [4.78, 5) is 4.15. The Morgan fingerprint density at radius 2 is 1.92 bits per heavy atom. The first-order chi connectivity index (χ1) is 11.9. The highest BCUT2D eigenvalue weighted by molar-refractivity contribution is 14.0. The molecule has 6 nitrogen and oxygen atoms in total. The van der Waals surface area contributed by atoms with Crippen LogP contribution in [-0.4, -0.2) is 34.5 Å². The number of hydrogen-bond donors (Lipinski definition) is 3. The van der Waals surface area contributed by atoms with Crippen LogP contribution in [0.15, 0.2) is 51.0 Å². The van der Waals surface area contributed by atoms with Crippen LogP contribution in [0.25, 0.3) is 0 Å². The Morgan fingerprint density at radius 1 is 1.23 bits per heavy atom. The monoisotopic (exact) mass is 528 g/mol. The molecule has 1 heterocycles. The highest BCUT2D eigenvalue weighted by atomic mass is 127. The van der Waals surface area contributed by atoms with Crippen LogP contribution in [0.4, 0.5) is 0 Å². The lowest BCUT2D eigenvalue weighted by Gasteiger charge is -2.18. The number of nitrogens with zero attached hydrogens (tertiary/aromatic N) is 1. The average molecular weight is 529 g/mol. The Hall–Kier alpha value is -0.880. The van der Waals surface area contributed by atoms with Gasteiger partial charge in [-0.1, -0.05) is 29.8 Å². The van der Waals surface area contributed by atoms with Crippen molar-refractivity contribution in [2.24, 2.45) is 4.99 Å². The highest BCUT2D eigenvalue weighted by Crippen LogP contribution is 2.16. The molecule has 0 amide bonds. The van der Waals surface area contributed by atoms with Crippen LogP contribution in [0.5, 0.6) is 0 Å². The van der Waals surface area contributed by atoms with Crippen molar-refractivity contribution >= 4 is 62.9 Å². The van der Waals surface area contributed by atoms with Crippen LogP contribution in [0.2, 0.25) is 5.02 Å². The number of halogens is 2. The van der Waals surface area contributed by atoms with Crippen molar-refractivity contribution < 1.29 is 8.42 Å². The SMILES string of the molecule is CN=C(NCCNS(=O)(=O)c1cccs1)NC(C)c1ccc(Cl)cc1.I. The Bertz CT molecular complexity index is 796. The maximum Gasteiger partial charge on any atom is 0.250 e. The van der Waals surface area contributed by atoms with Gasteiger partial charge in [-0.3, -0.25) is 4.99 Å². The summed E-state index contributed by atoms with van der Waals surface area (Å²) in [6.07, 6.45) is 0. The fourth-order valence-electron chi connectivity index (χ4n) is 2.09. The Labute approximate surface area is 180 Å². The molecule has 0 saturated heterocycles. The lowest BCUT2D eigenvalue weighted by Crippen LogP contribution is -2.42. The summed E-state index contributed by atoms with van der Waals surface area (Å²) in [5.41, 5.74) is 1.07. The number of thiophene rings is 1. The van der Waals surface area contributed by atoms with Gasteiger partial charge in [0, 0.05) is 25.2 Å². The van der Waals surface area contributed by atoms with E-state index < -0.39 is 10.0 Å². The normalized spacial score (nSPS) is 13.0. The van der Waals surface area contributed by atoms with Crippen molar-refractivity contribution in [3.63, 3.8) is 0 Å². The van der Waals surface area contributed by atoms with E-state index in [1.54, 1.807) is 24.6 Å². The van der Waals surface area contributed by atoms with Gasteiger partial charge < -0.3 is 10.6 Å². The van der Waals surface area contributed by atoms with E-state index in [4.69, 9.17) is 11.6 Å². The molecule has 0 radical (unpaired) electrons. The molecule has 0 bridgehead atoms. The molecular formula is C16H22ClIN4O2S2. The van der Waals surface area contributed by atoms with Gasteiger partial charge in [-0.05, 0) is 36.1 Å². The van der Waals surface area contributed by atoms with E-state index in [2.05, 4.69) is 20.3 Å². The van der Waals surface area contributed by atoms with Crippen LogP contribution >= 0.6 is 46.9 Å². The second kappa shape index (κ2) is 11.1. The summed E-state index contributed by atoms with van der Waals surface area (Å²) in [6.45, 7) is 2.68. The van der Waals surface area contributed by atoms with Gasteiger partial charge in [0.25, 0.3) is 0 Å². The van der Waals surface area contributed by atoms with Crippen molar-refractivity contribution in [1.82, 2.24) is 15.4 Å².